The number of piperidine rings is 1. The smallest absolute Gasteiger partial charge is 0.113 e. The SMILES string of the molecule is CC(c1ccccn1)n1c(C2CCNCC2)nc2ccccc21. The van der Waals surface area contributed by atoms with Crippen LogP contribution in [0.15, 0.2) is 48.7 Å². The highest BCUT2D eigenvalue weighted by molar-refractivity contribution is 5.76. The number of imidazole rings is 1. The molecule has 118 valence electrons. The molecule has 2 aromatic heterocycles. The molecule has 1 N–H and O–H groups in total. The van der Waals surface area contributed by atoms with E-state index in [0.717, 1.165) is 37.1 Å². The Bertz CT molecular complexity index is 787. The van der Waals surface area contributed by atoms with Gasteiger partial charge >= 0.3 is 0 Å². The maximum Gasteiger partial charge on any atom is 0.113 e. The number of nitrogens with one attached hydrogen (secondary N) is 1. The molecule has 1 aliphatic heterocycles. The van der Waals surface area contributed by atoms with Gasteiger partial charge in [-0.15, -0.1) is 0 Å². The molecule has 4 nitrogen and oxygen atoms in total. The Balaban J connectivity index is 1.85. The summed E-state index contributed by atoms with van der Waals surface area (Å²) in [7, 11) is 0. The quantitative estimate of drug-likeness (QED) is 0.805. The van der Waals surface area contributed by atoms with Crippen LogP contribution in [-0.4, -0.2) is 27.6 Å². The van der Waals surface area contributed by atoms with Crippen LogP contribution in [0, 0.1) is 0 Å². The number of hydrogen-bond acceptors (Lipinski definition) is 3. The fraction of sp³-hybridized carbons (Fsp3) is 0.368. The average Bonchev–Trinajstić information content (AvgIpc) is 3.02. The summed E-state index contributed by atoms with van der Waals surface area (Å²) in [5.41, 5.74) is 3.38. The molecule has 23 heavy (non-hydrogen) atoms. The van der Waals surface area contributed by atoms with E-state index in [4.69, 9.17) is 4.98 Å². The first-order chi connectivity index (χ1) is 11.3. The highest BCUT2D eigenvalue weighted by atomic mass is 15.1. The Morgan fingerprint density at radius 1 is 1.09 bits per heavy atom. The minimum absolute atomic E-state index is 0.188. The Morgan fingerprint density at radius 2 is 1.87 bits per heavy atom. The van der Waals surface area contributed by atoms with E-state index in [0.29, 0.717) is 5.92 Å². The molecule has 0 saturated carbocycles. The minimum Gasteiger partial charge on any atom is -0.319 e. The number of hydrogen-bond donors (Lipinski definition) is 1. The van der Waals surface area contributed by atoms with Gasteiger partial charge in [-0.05, 0) is 57.1 Å². The Hall–Kier alpha value is -2.20. The molecule has 0 aliphatic carbocycles. The summed E-state index contributed by atoms with van der Waals surface area (Å²) in [6.45, 7) is 4.37. The molecule has 1 saturated heterocycles. The first-order valence-electron chi connectivity index (χ1n) is 8.43. The first kappa shape index (κ1) is 14.4. The van der Waals surface area contributed by atoms with E-state index in [9.17, 15) is 0 Å². The third kappa shape index (κ3) is 2.63. The van der Waals surface area contributed by atoms with Crippen molar-refractivity contribution in [1.29, 1.82) is 0 Å². The fourth-order valence-corrected chi connectivity index (χ4v) is 3.59. The van der Waals surface area contributed by atoms with Gasteiger partial charge in [0.2, 0.25) is 0 Å². The lowest BCUT2D eigenvalue weighted by atomic mass is 9.97. The van der Waals surface area contributed by atoms with E-state index in [2.05, 4.69) is 58.2 Å². The molecule has 1 aliphatic rings. The third-order valence-corrected chi connectivity index (χ3v) is 4.83. The second kappa shape index (κ2) is 6.13. The number of fused-ring (bicyclic) bond motifs is 1. The van der Waals surface area contributed by atoms with Crippen LogP contribution < -0.4 is 5.32 Å². The molecule has 1 aromatic carbocycles. The van der Waals surface area contributed by atoms with Crippen LogP contribution in [-0.2, 0) is 0 Å². The van der Waals surface area contributed by atoms with Crippen molar-refractivity contribution in [3.05, 3.63) is 60.2 Å². The molecule has 0 amide bonds. The summed E-state index contributed by atoms with van der Waals surface area (Å²) in [6, 6.07) is 14.8. The van der Waals surface area contributed by atoms with Crippen molar-refractivity contribution in [3.8, 4) is 0 Å². The van der Waals surface area contributed by atoms with E-state index in [-0.39, 0.29) is 6.04 Å². The maximum atomic E-state index is 4.99. The number of aromatic nitrogens is 3. The summed E-state index contributed by atoms with van der Waals surface area (Å²) < 4.78 is 2.40. The van der Waals surface area contributed by atoms with Crippen molar-refractivity contribution in [2.45, 2.75) is 31.7 Å². The second-order valence-electron chi connectivity index (χ2n) is 6.28. The predicted molar refractivity (Wildman–Crippen MR) is 92.6 cm³/mol. The largest absolute Gasteiger partial charge is 0.319 e. The molecule has 1 atom stereocenters. The van der Waals surface area contributed by atoms with Crippen LogP contribution in [0.4, 0.5) is 0 Å². The monoisotopic (exact) mass is 306 g/mol. The third-order valence-electron chi connectivity index (χ3n) is 4.83. The number of pyridine rings is 1. The summed E-state index contributed by atoms with van der Waals surface area (Å²) in [6.07, 6.45) is 4.17. The molecule has 3 aromatic rings. The summed E-state index contributed by atoms with van der Waals surface area (Å²) in [5.74, 6) is 1.74. The predicted octanol–water partition coefficient (Wildman–Crippen LogP) is 3.51. The minimum atomic E-state index is 0.188. The summed E-state index contributed by atoms with van der Waals surface area (Å²) >= 11 is 0. The van der Waals surface area contributed by atoms with Crippen LogP contribution in [0.1, 0.15) is 43.2 Å². The van der Waals surface area contributed by atoms with Crippen molar-refractivity contribution >= 4 is 11.0 Å². The van der Waals surface area contributed by atoms with Crippen LogP contribution in [0.2, 0.25) is 0 Å². The van der Waals surface area contributed by atoms with Gasteiger partial charge in [0.15, 0.2) is 0 Å². The lowest BCUT2D eigenvalue weighted by Crippen LogP contribution is -2.28. The van der Waals surface area contributed by atoms with Crippen molar-refractivity contribution in [1.82, 2.24) is 19.9 Å². The van der Waals surface area contributed by atoms with Gasteiger partial charge in [-0.2, -0.15) is 0 Å². The van der Waals surface area contributed by atoms with E-state index in [1.165, 1.54) is 11.3 Å². The lowest BCUT2D eigenvalue weighted by Gasteiger charge is -2.25. The van der Waals surface area contributed by atoms with E-state index < -0.39 is 0 Å². The highest BCUT2D eigenvalue weighted by Crippen LogP contribution is 2.32. The molecule has 4 heteroatoms. The number of benzene rings is 1. The molecule has 1 fully saturated rings. The fourth-order valence-electron chi connectivity index (χ4n) is 3.59. The van der Waals surface area contributed by atoms with Gasteiger partial charge in [0, 0.05) is 12.1 Å². The highest BCUT2D eigenvalue weighted by Gasteiger charge is 2.25. The zero-order valence-electron chi connectivity index (χ0n) is 13.4. The molecule has 1 unspecified atom stereocenters. The summed E-state index contributed by atoms with van der Waals surface area (Å²) in [5, 5.41) is 3.45. The van der Waals surface area contributed by atoms with Crippen molar-refractivity contribution in [2.24, 2.45) is 0 Å². The normalized spacial score (nSPS) is 17.4. The van der Waals surface area contributed by atoms with E-state index in [1.807, 2.05) is 12.3 Å². The zero-order valence-corrected chi connectivity index (χ0v) is 13.4. The molecule has 0 bridgehead atoms. The maximum absolute atomic E-state index is 4.99. The molecule has 4 rings (SSSR count). The van der Waals surface area contributed by atoms with Gasteiger partial charge in [-0.3, -0.25) is 4.98 Å². The Kier molecular flexibility index (Phi) is 3.83. The molecule has 3 heterocycles. The molecular weight excluding hydrogens is 284 g/mol. The van der Waals surface area contributed by atoms with Gasteiger partial charge in [0.1, 0.15) is 5.82 Å². The number of rotatable bonds is 3. The standard InChI is InChI=1S/C19H22N4/c1-14(16-6-4-5-11-21-16)23-18-8-3-2-7-17(18)22-19(23)15-9-12-20-13-10-15/h2-8,11,14-15,20H,9-10,12-13H2,1H3. The van der Waals surface area contributed by atoms with Gasteiger partial charge in [0.05, 0.1) is 22.8 Å². The molecule has 0 spiro atoms. The first-order valence-corrected chi connectivity index (χ1v) is 8.43. The van der Waals surface area contributed by atoms with Crippen molar-refractivity contribution in [3.63, 3.8) is 0 Å². The number of nitrogens with zero attached hydrogens (tertiary/aromatic N) is 3. The van der Waals surface area contributed by atoms with Crippen molar-refractivity contribution < 1.29 is 0 Å². The van der Waals surface area contributed by atoms with Gasteiger partial charge < -0.3 is 9.88 Å². The Morgan fingerprint density at radius 3 is 2.65 bits per heavy atom. The summed E-state index contributed by atoms with van der Waals surface area (Å²) in [4.78, 5) is 9.56. The van der Waals surface area contributed by atoms with Gasteiger partial charge in [-0.25, -0.2) is 4.98 Å². The van der Waals surface area contributed by atoms with Gasteiger partial charge in [0.25, 0.3) is 0 Å². The van der Waals surface area contributed by atoms with Crippen LogP contribution >= 0.6 is 0 Å². The Labute approximate surface area is 136 Å². The van der Waals surface area contributed by atoms with Gasteiger partial charge in [-0.1, -0.05) is 18.2 Å². The van der Waals surface area contributed by atoms with E-state index in [1.54, 1.807) is 0 Å². The van der Waals surface area contributed by atoms with Crippen LogP contribution in [0.3, 0.4) is 0 Å². The van der Waals surface area contributed by atoms with Crippen molar-refractivity contribution in [2.75, 3.05) is 13.1 Å². The van der Waals surface area contributed by atoms with E-state index >= 15 is 0 Å². The molecule has 0 radical (unpaired) electrons. The average molecular weight is 306 g/mol. The second-order valence-corrected chi connectivity index (χ2v) is 6.28. The molecular formula is C19H22N4. The number of para-hydroxylation sites is 2. The topological polar surface area (TPSA) is 42.7 Å². The lowest BCUT2D eigenvalue weighted by molar-refractivity contribution is 0.426. The zero-order chi connectivity index (χ0) is 15.6. The van der Waals surface area contributed by atoms with Crippen LogP contribution in [0.5, 0.6) is 0 Å². The van der Waals surface area contributed by atoms with Crippen LogP contribution in [0.25, 0.3) is 11.0 Å².